The largest absolute Gasteiger partial charge is 0.354 e. The van der Waals surface area contributed by atoms with Gasteiger partial charge in [0.1, 0.15) is 0 Å². The molecule has 1 amide bonds. The molecular weight excluding hydrogens is 252 g/mol. The predicted molar refractivity (Wildman–Crippen MR) is 76.8 cm³/mol. The van der Waals surface area contributed by atoms with Crippen LogP contribution in [0.3, 0.4) is 0 Å². The maximum Gasteiger partial charge on any atom is 0.234 e. The highest BCUT2D eigenvalue weighted by Gasteiger charge is 2.17. The first-order valence-corrected chi connectivity index (χ1v) is 8.74. The molecule has 98 valence electrons. The maximum atomic E-state index is 11.7. The van der Waals surface area contributed by atoms with Crippen molar-refractivity contribution in [2.75, 3.05) is 30.3 Å². The SMILES string of the molecule is O=C(CNC1CCCC1)NCC1CSCCS1. The maximum absolute atomic E-state index is 11.7. The van der Waals surface area contributed by atoms with Gasteiger partial charge >= 0.3 is 0 Å². The molecule has 1 saturated carbocycles. The van der Waals surface area contributed by atoms with E-state index in [1.165, 1.54) is 42.9 Å². The Bertz CT molecular complexity index is 239. The average Bonchev–Trinajstić information content (AvgIpc) is 2.88. The van der Waals surface area contributed by atoms with Gasteiger partial charge < -0.3 is 10.6 Å². The third-order valence-electron chi connectivity index (χ3n) is 3.32. The molecule has 1 unspecified atom stereocenters. The molecule has 0 aromatic rings. The smallest absolute Gasteiger partial charge is 0.234 e. The molecule has 1 saturated heterocycles. The van der Waals surface area contributed by atoms with Crippen molar-refractivity contribution >= 4 is 29.4 Å². The first-order valence-electron chi connectivity index (χ1n) is 6.54. The van der Waals surface area contributed by atoms with Crippen LogP contribution < -0.4 is 10.6 Å². The summed E-state index contributed by atoms with van der Waals surface area (Å²) in [5, 5.41) is 7.00. The molecule has 2 fully saturated rings. The molecule has 2 N–H and O–H groups in total. The number of amides is 1. The van der Waals surface area contributed by atoms with Gasteiger partial charge in [-0.2, -0.15) is 23.5 Å². The number of thioether (sulfide) groups is 2. The molecule has 0 bridgehead atoms. The lowest BCUT2D eigenvalue weighted by molar-refractivity contribution is -0.120. The van der Waals surface area contributed by atoms with Crippen molar-refractivity contribution in [3.05, 3.63) is 0 Å². The Labute approximate surface area is 112 Å². The number of nitrogens with one attached hydrogen (secondary N) is 2. The van der Waals surface area contributed by atoms with Gasteiger partial charge in [0.25, 0.3) is 0 Å². The number of carbonyl (C=O) groups is 1. The minimum absolute atomic E-state index is 0.160. The number of hydrogen-bond donors (Lipinski definition) is 2. The van der Waals surface area contributed by atoms with Crippen LogP contribution in [0.5, 0.6) is 0 Å². The van der Waals surface area contributed by atoms with E-state index in [1.54, 1.807) is 0 Å². The molecule has 1 heterocycles. The molecule has 5 heteroatoms. The predicted octanol–water partition coefficient (Wildman–Crippen LogP) is 1.48. The standard InChI is InChI=1S/C12H22N2OS2/c15-12(8-13-10-3-1-2-4-10)14-7-11-9-16-5-6-17-11/h10-11,13H,1-9H2,(H,14,15). The third kappa shape index (κ3) is 5.10. The van der Waals surface area contributed by atoms with Crippen molar-refractivity contribution in [2.24, 2.45) is 0 Å². The van der Waals surface area contributed by atoms with Crippen LogP contribution in [0.2, 0.25) is 0 Å². The molecule has 2 aliphatic rings. The van der Waals surface area contributed by atoms with E-state index in [9.17, 15) is 4.79 Å². The van der Waals surface area contributed by atoms with E-state index in [2.05, 4.69) is 10.6 Å². The lowest BCUT2D eigenvalue weighted by Crippen LogP contribution is -2.41. The molecule has 1 atom stereocenters. The van der Waals surface area contributed by atoms with Gasteiger partial charge in [-0.1, -0.05) is 12.8 Å². The van der Waals surface area contributed by atoms with Crippen LogP contribution in [-0.2, 0) is 4.79 Å². The molecule has 0 radical (unpaired) electrons. The van der Waals surface area contributed by atoms with Crippen molar-refractivity contribution < 1.29 is 4.79 Å². The molecular formula is C12H22N2OS2. The highest BCUT2D eigenvalue weighted by molar-refractivity contribution is 8.06. The van der Waals surface area contributed by atoms with Crippen LogP contribution in [0, 0.1) is 0 Å². The van der Waals surface area contributed by atoms with E-state index >= 15 is 0 Å². The fourth-order valence-electron chi connectivity index (χ4n) is 2.31. The average molecular weight is 274 g/mol. The summed E-state index contributed by atoms with van der Waals surface area (Å²) in [6, 6.07) is 0.584. The van der Waals surface area contributed by atoms with Crippen molar-refractivity contribution in [1.29, 1.82) is 0 Å². The molecule has 0 aromatic heterocycles. The van der Waals surface area contributed by atoms with Gasteiger partial charge in [0.05, 0.1) is 6.54 Å². The molecule has 0 spiro atoms. The number of hydrogen-bond acceptors (Lipinski definition) is 4. The summed E-state index contributed by atoms with van der Waals surface area (Å²) in [6.07, 6.45) is 5.11. The van der Waals surface area contributed by atoms with Crippen LogP contribution in [-0.4, -0.2) is 47.5 Å². The zero-order chi connectivity index (χ0) is 11.9. The fraction of sp³-hybridized carbons (Fsp3) is 0.917. The van der Waals surface area contributed by atoms with E-state index < -0.39 is 0 Å². The van der Waals surface area contributed by atoms with Gasteiger partial charge in [0, 0.05) is 35.1 Å². The van der Waals surface area contributed by atoms with Crippen LogP contribution in [0.15, 0.2) is 0 Å². The van der Waals surface area contributed by atoms with Crippen molar-refractivity contribution in [1.82, 2.24) is 10.6 Å². The van der Waals surface area contributed by atoms with E-state index in [1.807, 2.05) is 23.5 Å². The lowest BCUT2D eigenvalue weighted by atomic mass is 10.2. The Morgan fingerprint density at radius 2 is 2.06 bits per heavy atom. The summed E-state index contributed by atoms with van der Waals surface area (Å²) in [4.78, 5) is 11.7. The number of rotatable bonds is 5. The number of carbonyl (C=O) groups excluding carboxylic acids is 1. The third-order valence-corrected chi connectivity index (χ3v) is 6.16. The Balaban J connectivity index is 1.53. The summed E-state index contributed by atoms with van der Waals surface area (Å²) < 4.78 is 0. The van der Waals surface area contributed by atoms with Crippen molar-refractivity contribution in [2.45, 2.75) is 37.0 Å². The minimum Gasteiger partial charge on any atom is -0.354 e. The first-order chi connectivity index (χ1) is 8.34. The van der Waals surface area contributed by atoms with Crippen molar-refractivity contribution in [3.63, 3.8) is 0 Å². The van der Waals surface area contributed by atoms with E-state index in [4.69, 9.17) is 0 Å². The summed E-state index contributed by atoms with van der Waals surface area (Å²) in [6.45, 7) is 1.33. The molecule has 2 rings (SSSR count). The van der Waals surface area contributed by atoms with Crippen LogP contribution in [0.25, 0.3) is 0 Å². The van der Waals surface area contributed by atoms with E-state index in [0.717, 1.165) is 6.54 Å². The molecule has 1 aliphatic carbocycles. The highest BCUT2D eigenvalue weighted by atomic mass is 32.2. The zero-order valence-corrected chi connectivity index (χ0v) is 11.9. The topological polar surface area (TPSA) is 41.1 Å². The summed E-state index contributed by atoms with van der Waals surface area (Å²) in [5.41, 5.74) is 0. The van der Waals surface area contributed by atoms with Crippen LogP contribution >= 0.6 is 23.5 Å². The molecule has 17 heavy (non-hydrogen) atoms. The monoisotopic (exact) mass is 274 g/mol. The first kappa shape index (κ1) is 13.6. The van der Waals surface area contributed by atoms with Gasteiger partial charge in [-0.15, -0.1) is 0 Å². The van der Waals surface area contributed by atoms with Crippen LogP contribution in [0.1, 0.15) is 25.7 Å². The van der Waals surface area contributed by atoms with E-state index in [0.29, 0.717) is 17.8 Å². The van der Waals surface area contributed by atoms with Gasteiger partial charge in [-0.25, -0.2) is 0 Å². The normalized spacial score (nSPS) is 26.0. The van der Waals surface area contributed by atoms with Crippen molar-refractivity contribution in [3.8, 4) is 0 Å². The Morgan fingerprint density at radius 1 is 1.24 bits per heavy atom. The summed E-state index contributed by atoms with van der Waals surface area (Å²) in [5.74, 6) is 3.83. The zero-order valence-electron chi connectivity index (χ0n) is 10.2. The van der Waals surface area contributed by atoms with E-state index in [-0.39, 0.29) is 5.91 Å². The fourth-order valence-corrected chi connectivity index (χ4v) is 4.92. The second kappa shape index (κ2) is 7.54. The Morgan fingerprint density at radius 3 is 2.76 bits per heavy atom. The van der Waals surface area contributed by atoms with Crippen LogP contribution in [0.4, 0.5) is 0 Å². The summed E-state index contributed by atoms with van der Waals surface area (Å²) >= 11 is 3.99. The molecule has 0 aromatic carbocycles. The quantitative estimate of drug-likeness (QED) is 0.797. The van der Waals surface area contributed by atoms with Gasteiger partial charge in [0.15, 0.2) is 0 Å². The minimum atomic E-state index is 0.160. The van der Waals surface area contributed by atoms with Gasteiger partial charge in [-0.05, 0) is 12.8 Å². The lowest BCUT2D eigenvalue weighted by Gasteiger charge is -2.21. The highest BCUT2D eigenvalue weighted by Crippen LogP contribution is 2.23. The Hall–Kier alpha value is 0.130. The summed E-state index contributed by atoms with van der Waals surface area (Å²) in [7, 11) is 0. The van der Waals surface area contributed by atoms with Gasteiger partial charge in [0.2, 0.25) is 5.91 Å². The second-order valence-corrected chi connectivity index (χ2v) is 7.29. The molecule has 1 aliphatic heterocycles. The molecule has 3 nitrogen and oxygen atoms in total. The second-order valence-electron chi connectivity index (χ2n) is 4.73. The van der Waals surface area contributed by atoms with Gasteiger partial charge in [-0.3, -0.25) is 4.79 Å². The Kier molecular flexibility index (Phi) is 6.01.